The van der Waals surface area contributed by atoms with Gasteiger partial charge in [0.1, 0.15) is 0 Å². The first kappa shape index (κ1) is 16.1. The fraction of sp³-hybridized carbons (Fsp3) is 0.316. The number of phenols is 3. The van der Waals surface area contributed by atoms with E-state index in [9.17, 15) is 25.2 Å². The third-order valence-corrected chi connectivity index (χ3v) is 5.60. The summed E-state index contributed by atoms with van der Waals surface area (Å²) in [7, 11) is 0. The number of cyclic esters (lactones) is 1. The zero-order valence-electron chi connectivity index (χ0n) is 14.0. The number of carbonyl (C=O) groups excluding carboxylic acids is 1. The molecule has 0 bridgehead atoms. The molecule has 1 aliphatic carbocycles. The van der Waals surface area contributed by atoms with Crippen LogP contribution in [0, 0.1) is 11.8 Å². The van der Waals surface area contributed by atoms with Crippen molar-refractivity contribution in [3.05, 3.63) is 41.0 Å². The number of esters is 1. The maximum absolute atomic E-state index is 12.5. The van der Waals surface area contributed by atoms with E-state index in [2.05, 4.69) is 0 Å². The van der Waals surface area contributed by atoms with Crippen LogP contribution >= 0.6 is 0 Å². The number of fused-ring (bicyclic) bond motifs is 3. The number of aromatic hydroxyl groups is 3. The highest BCUT2D eigenvalue weighted by Crippen LogP contribution is 2.55. The molecule has 8 nitrogen and oxygen atoms in total. The molecule has 0 amide bonds. The molecule has 1 saturated heterocycles. The molecule has 0 aromatic heterocycles. The van der Waals surface area contributed by atoms with Gasteiger partial charge in [-0.05, 0) is 41.0 Å². The Morgan fingerprint density at radius 2 is 1.52 bits per heavy atom. The Balaban J connectivity index is 1.75. The van der Waals surface area contributed by atoms with Crippen LogP contribution in [0.4, 0.5) is 0 Å². The monoisotopic (exact) mass is 372 g/mol. The molecule has 2 aliphatic heterocycles. The highest BCUT2D eigenvalue weighted by atomic mass is 16.7. The second-order valence-electron chi connectivity index (χ2n) is 6.98. The lowest BCUT2D eigenvalue weighted by molar-refractivity contribution is -0.141. The van der Waals surface area contributed by atoms with E-state index in [-0.39, 0.29) is 13.4 Å². The highest BCUT2D eigenvalue weighted by molar-refractivity contribution is 5.79. The standard InChI is InChI=1S/C19H16O8/c20-11-1-7(2-12(21)18(11)23)15-8-3-13-14(27-6-26-13)4-9(8)17(22)10-5-25-19(24)16(10)15/h1-4,10,15-17,20-23H,5-6H2. The summed E-state index contributed by atoms with van der Waals surface area (Å²) in [6.45, 7) is 0.139. The number of rotatable bonds is 1. The van der Waals surface area contributed by atoms with Crippen LogP contribution in [-0.2, 0) is 9.53 Å². The zero-order valence-corrected chi connectivity index (χ0v) is 14.0. The molecule has 0 saturated carbocycles. The van der Waals surface area contributed by atoms with Gasteiger partial charge in [-0.2, -0.15) is 0 Å². The third-order valence-electron chi connectivity index (χ3n) is 5.60. The molecule has 3 aliphatic rings. The molecular weight excluding hydrogens is 356 g/mol. The van der Waals surface area contributed by atoms with E-state index >= 15 is 0 Å². The number of hydrogen-bond donors (Lipinski definition) is 4. The Kier molecular flexibility index (Phi) is 3.23. The van der Waals surface area contributed by atoms with Crippen LogP contribution in [0.5, 0.6) is 28.7 Å². The molecule has 2 aromatic rings. The van der Waals surface area contributed by atoms with Crippen molar-refractivity contribution in [3.63, 3.8) is 0 Å². The molecule has 2 aromatic carbocycles. The maximum atomic E-state index is 12.5. The van der Waals surface area contributed by atoms with Crippen molar-refractivity contribution in [1.82, 2.24) is 0 Å². The van der Waals surface area contributed by atoms with Crippen LogP contribution < -0.4 is 9.47 Å². The number of aliphatic hydroxyl groups excluding tert-OH is 1. The predicted molar refractivity (Wildman–Crippen MR) is 88.7 cm³/mol. The van der Waals surface area contributed by atoms with Gasteiger partial charge in [0.15, 0.2) is 28.7 Å². The fourth-order valence-corrected chi connectivity index (χ4v) is 4.34. The Morgan fingerprint density at radius 3 is 2.19 bits per heavy atom. The minimum absolute atomic E-state index is 0.0642. The second kappa shape index (κ2) is 5.43. The molecule has 5 rings (SSSR count). The lowest BCUT2D eigenvalue weighted by atomic mass is 9.66. The first-order valence-electron chi connectivity index (χ1n) is 8.48. The largest absolute Gasteiger partial charge is 0.504 e. The van der Waals surface area contributed by atoms with E-state index in [0.717, 1.165) is 0 Å². The number of aliphatic hydroxyl groups is 1. The lowest BCUT2D eigenvalue weighted by Crippen LogP contribution is -2.34. The van der Waals surface area contributed by atoms with Gasteiger partial charge < -0.3 is 34.6 Å². The van der Waals surface area contributed by atoms with Crippen LogP contribution in [-0.4, -0.2) is 39.8 Å². The molecule has 8 heteroatoms. The van der Waals surface area contributed by atoms with E-state index in [1.807, 2.05) is 0 Å². The van der Waals surface area contributed by atoms with Gasteiger partial charge in [-0.15, -0.1) is 0 Å². The molecule has 4 N–H and O–H groups in total. The van der Waals surface area contributed by atoms with Gasteiger partial charge in [0.25, 0.3) is 0 Å². The number of phenolic OH excluding ortho intramolecular Hbond substituents is 3. The third kappa shape index (κ3) is 2.16. The fourth-order valence-electron chi connectivity index (χ4n) is 4.34. The van der Waals surface area contributed by atoms with Gasteiger partial charge in [0.2, 0.25) is 6.79 Å². The number of hydrogen-bond acceptors (Lipinski definition) is 8. The Morgan fingerprint density at radius 1 is 0.889 bits per heavy atom. The van der Waals surface area contributed by atoms with Crippen LogP contribution in [0.3, 0.4) is 0 Å². The molecule has 140 valence electrons. The quantitative estimate of drug-likeness (QED) is 0.438. The summed E-state index contributed by atoms with van der Waals surface area (Å²) in [5.74, 6) is -2.87. The van der Waals surface area contributed by atoms with Gasteiger partial charge in [0, 0.05) is 11.8 Å². The van der Waals surface area contributed by atoms with Gasteiger partial charge >= 0.3 is 5.97 Å². The second-order valence-corrected chi connectivity index (χ2v) is 6.98. The van der Waals surface area contributed by atoms with Crippen molar-refractivity contribution in [3.8, 4) is 28.7 Å². The van der Waals surface area contributed by atoms with E-state index in [1.165, 1.54) is 12.1 Å². The van der Waals surface area contributed by atoms with E-state index in [4.69, 9.17) is 14.2 Å². The van der Waals surface area contributed by atoms with Gasteiger partial charge in [-0.25, -0.2) is 0 Å². The first-order valence-corrected chi connectivity index (χ1v) is 8.48. The maximum Gasteiger partial charge on any atom is 0.310 e. The SMILES string of the molecule is O=C1OCC2C(O)c3cc4c(cc3C(c3cc(O)c(O)c(O)c3)C12)OCO4. The molecule has 4 atom stereocenters. The smallest absolute Gasteiger partial charge is 0.310 e. The lowest BCUT2D eigenvalue weighted by Gasteiger charge is -2.36. The average Bonchev–Trinajstić information content (AvgIpc) is 3.25. The molecule has 2 heterocycles. The molecule has 1 fully saturated rings. The van der Waals surface area contributed by atoms with E-state index in [1.54, 1.807) is 12.1 Å². The summed E-state index contributed by atoms with van der Waals surface area (Å²) in [6, 6.07) is 5.99. The minimum atomic E-state index is -0.929. The number of benzene rings is 2. The van der Waals surface area contributed by atoms with E-state index in [0.29, 0.717) is 28.2 Å². The summed E-state index contributed by atoms with van der Waals surface area (Å²) < 4.78 is 16.0. The van der Waals surface area contributed by atoms with Crippen molar-refractivity contribution in [1.29, 1.82) is 0 Å². The number of carbonyl (C=O) groups is 1. The van der Waals surface area contributed by atoms with Crippen molar-refractivity contribution in [2.75, 3.05) is 13.4 Å². The summed E-state index contributed by atoms with van der Waals surface area (Å²) in [5.41, 5.74) is 1.62. The van der Waals surface area contributed by atoms with Gasteiger partial charge in [-0.1, -0.05) is 0 Å². The van der Waals surface area contributed by atoms with Crippen LogP contribution in [0.2, 0.25) is 0 Å². The first-order chi connectivity index (χ1) is 13.0. The molecule has 0 spiro atoms. The Hall–Kier alpha value is -3.13. The normalized spacial score (nSPS) is 27.8. The van der Waals surface area contributed by atoms with Crippen molar-refractivity contribution >= 4 is 5.97 Å². The minimum Gasteiger partial charge on any atom is -0.504 e. The van der Waals surface area contributed by atoms with E-state index < -0.39 is 47.1 Å². The summed E-state index contributed by atoms with van der Waals surface area (Å²) >= 11 is 0. The molecular formula is C19H16O8. The van der Waals surface area contributed by atoms with Crippen LogP contribution in [0.25, 0.3) is 0 Å². The zero-order chi connectivity index (χ0) is 18.9. The molecule has 0 radical (unpaired) electrons. The summed E-state index contributed by atoms with van der Waals surface area (Å²) in [6.07, 6.45) is -0.929. The van der Waals surface area contributed by atoms with Crippen molar-refractivity contribution in [2.45, 2.75) is 12.0 Å². The number of ether oxygens (including phenoxy) is 3. The summed E-state index contributed by atoms with van der Waals surface area (Å²) in [5, 5.41) is 40.4. The van der Waals surface area contributed by atoms with Crippen molar-refractivity contribution in [2.24, 2.45) is 11.8 Å². The Bertz CT molecular complexity index is 945. The molecule has 4 unspecified atom stereocenters. The highest BCUT2D eigenvalue weighted by Gasteiger charge is 2.52. The average molecular weight is 372 g/mol. The Labute approximate surface area is 153 Å². The topological polar surface area (TPSA) is 126 Å². The van der Waals surface area contributed by atoms with Gasteiger partial charge in [0.05, 0.1) is 18.6 Å². The van der Waals surface area contributed by atoms with Gasteiger partial charge in [-0.3, -0.25) is 4.79 Å². The van der Waals surface area contributed by atoms with Crippen LogP contribution in [0.1, 0.15) is 28.7 Å². The summed E-state index contributed by atoms with van der Waals surface area (Å²) in [4.78, 5) is 12.5. The van der Waals surface area contributed by atoms with Crippen molar-refractivity contribution < 1.29 is 39.4 Å². The molecule has 27 heavy (non-hydrogen) atoms. The van der Waals surface area contributed by atoms with Crippen LogP contribution in [0.15, 0.2) is 24.3 Å². The predicted octanol–water partition coefficient (Wildman–Crippen LogP) is 1.50.